The Labute approximate surface area is 141 Å². The van der Waals surface area contributed by atoms with Crippen molar-refractivity contribution in [2.75, 3.05) is 0 Å². The van der Waals surface area contributed by atoms with Crippen LogP contribution in [0.4, 0.5) is 0 Å². The fourth-order valence-electron chi connectivity index (χ4n) is 2.27. The molecule has 1 aromatic carbocycles. The number of carbonyl (C=O) groups excluding carboxylic acids is 1. The topological polar surface area (TPSA) is 85.6 Å². The second-order valence-corrected chi connectivity index (χ2v) is 5.86. The van der Waals surface area contributed by atoms with Crippen LogP contribution in [0.1, 0.15) is 16.1 Å². The number of nitrogens with zero attached hydrogens (tertiary/aromatic N) is 5. The molecule has 4 aromatic rings. The molecule has 0 aliphatic carbocycles. The maximum Gasteiger partial charge on any atom is 0.251 e. The first-order valence-electron chi connectivity index (χ1n) is 7.22. The van der Waals surface area contributed by atoms with Gasteiger partial charge in [0.2, 0.25) is 0 Å². The van der Waals surface area contributed by atoms with Gasteiger partial charge in [0, 0.05) is 23.3 Å². The van der Waals surface area contributed by atoms with E-state index in [4.69, 9.17) is 0 Å². The Bertz CT molecular complexity index is 995. The Kier molecular flexibility index (Phi) is 3.72. The highest BCUT2D eigenvalue weighted by Crippen LogP contribution is 2.12. The first kappa shape index (κ1) is 14.5. The summed E-state index contributed by atoms with van der Waals surface area (Å²) in [5.74, 6) is -0.187. The van der Waals surface area contributed by atoms with E-state index in [9.17, 15) is 4.79 Å². The summed E-state index contributed by atoms with van der Waals surface area (Å²) in [7, 11) is 0. The predicted molar refractivity (Wildman–Crippen MR) is 89.9 cm³/mol. The molecule has 0 spiro atoms. The van der Waals surface area contributed by atoms with E-state index in [1.54, 1.807) is 52.8 Å². The summed E-state index contributed by atoms with van der Waals surface area (Å²) in [5.41, 5.74) is 3.63. The second-order valence-electron chi connectivity index (χ2n) is 5.08. The summed E-state index contributed by atoms with van der Waals surface area (Å²) in [6.07, 6.45) is 5.03. The van der Waals surface area contributed by atoms with Crippen LogP contribution in [-0.4, -0.2) is 30.9 Å². The summed E-state index contributed by atoms with van der Waals surface area (Å²) < 4.78 is 1.68. The fraction of sp³-hybridized carbons (Fsp3) is 0.0625. The van der Waals surface area contributed by atoms with E-state index < -0.39 is 0 Å². The summed E-state index contributed by atoms with van der Waals surface area (Å²) in [6, 6.07) is 7.19. The molecule has 0 bridgehead atoms. The van der Waals surface area contributed by atoms with E-state index in [1.807, 2.05) is 16.8 Å². The molecule has 0 fully saturated rings. The van der Waals surface area contributed by atoms with Crippen LogP contribution in [0.5, 0.6) is 0 Å². The molecule has 8 heteroatoms. The molecular formula is C16H12N6OS. The quantitative estimate of drug-likeness (QED) is 0.617. The maximum atomic E-state index is 12.3. The van der Waals surface area contributed by atoms with Crippen LogP contribution in [0.2, 0.25) is 0 Å². The lowest BCUT2D eigenvalue weighted by Gasteiger charge is -2.04. The normalized spacial score (nSPS) is 10.8. The summed E-state index contributed by atoms with van der Waals surface area (Å²) in [4.78, 5) is 20.7. The van der Waals surface area contributed by atoms with Crippen LogP contribution in [0.3, 0.4) is 0 Å². The number of amides is 1. The Balaban J connectivity index is 1.46. The molecule has 0 unspecified atom stereocenters. The molecule has 1 amide bonds. The van der Waals surface area contributed by atoms with Crippen molar-refractivity contribution in [3.63, 3.8) is 0 Å². The number of hydrogen-bond acceptors (Lipinski definition) is 6. The van der Waals surface area contributed by atoms with Gasteiger partial charge >= 0.3 is 0 Å². The van der Waals surface area contributed by atoms with Gasteiger partial charge in [-0.25, -0.2) is 4.68 Å². The van der Waals surface area contributed by atoms with Gasteiger partial charge in [0.15, 0.2) is 0 Å². The zero-order chi connectivity index (χ0) is 16.4. The number of nitrogens with one attached hydrogen (secondary N) is 1. The van der Waals surface area contributed by atoms with Crippen LogP contribution in [-0.2, 0) is 6.54 Å². The molecule has 0 aliphatic heterocycles. The molecule has 24 heavy (non-hydrogen) atoms. The molecule has 118 valence electrons. The van der Waals surface area contributed by atoms with Gasteiger partial charge in [0.25, 0.3) is 5.91 Å². The highest BCUT2D eigenvalue weighted by molar-refractivity contribution is 7.08. The predicted octanol–water partition coefficient (Wildman–Crippen LogP) is 2.20. The Morgan fingerprint density at radius 2 is 2.04 bits per heavy atom. The van der Waals surface area contributed by atoms with Gasteiger partial charge in [-0.1, -0.05) is 5.21 Å². The third-order valence-electron chi connectivity index (χ3n) is 3.47. The molecule has 3 heterocycles. The lowest BCUT2D eigenvalue weighted by molar-refractivity contribution is 0.0950. The minimum absolute atomic E-state index is 0.187. The first-order valence-corrected chi connectivity index (χ1v) is 8.17. The zero-order valence-corrected chi connectivity index (χ0v) is 13.3. The largest absolute Gasteiger partial charge is 0.346 e. The van der Waals surface area contributed by atoms with Crippen molar-refractivity contribution >= 4 is 28.3 Å². The lowest BCUT2D eigenvalue weighted by Crippen LogP contribution is -2.23. The molecule has 0 saturated heterocycles. The van der Waals surface area contributed by atoms with Gasteiger partial charge in [-0.3, -0.25) is 14.8 Å². The smallest absolute Gasteiger partial charge is 0.251 e. The van der Waals surface area contributed by atoms with Crippen molar-refractivity contribution in [3.8, 4) is 5.69 Å². The highest BCUT2D eigenvalue weighted by Gasteiger charge is 2.09. The molecule has 3 aromatic heterocycles. The van der Waals surface area contributed by atoms with Crippen molar-refractivity contribution in [3.05, 3.63) is 64.9 Å². The SMILES string of the molecule is O=C(NCc1cn(-c2ccsc2)nn1)c1ccc2nccnc2c1. The molecule has 4 rings (SSSR count). The third-order valence-corrected chi connectivity index (χ3v) is 4.14. The number of fused-ring (bicyclic) bond motifs is 1. The van der Waals surface area contributed by atoms with Gasteiger partial charge in [-0.15, -0.1) is 5.10 Å². The molecule has 0 aliphatic rings. The van der Waals surface area contributed by atoms with Crippen LogP contribution < -0.4 is 5.32 Å². The highest BCUT2D eigenvalue weighted by atomic mass is 32.1. The summed E-state index contributed by atoms with van der Waals surface area (Å²) in [6.45, 7) is 0.307. The number of rotatable bonds is 4. The Hall–Kier alpha value is -3.13. The average molecular weight is 336 g/mol. The number of hydrogen-bond donors (Lipinski definition) is 1. The van der Waals surface area contributed by atoms with Gasteiger partial charge in [0.05, 0.1) is 29.5 Å². The van der Waals surface area contributed by atoms with Gasteiger partial charge in [-0.05, 0) is 29.6 Å². The molecule has 7 nitrogen and oxygen atoms in total. The molecule has 0 saturated carbocycles. The Morgan fingerprint density at radius 3 is 2.88 bits per heavy atom. The first-order chi connectivity index (χ1) is 11.8. The minimum Gasteiger partial charge on any atom is -0.346 e. The summed E-state index contributed by atoms with van der Waals surface area (Å²) in [5, 5.41) is 14.9. The molecule has 0 radical (unpaired) electrons. The standard InChI is InChI=1S/C16H12N6OS/c23-16(11-1-2-14-15(7-11)18-5-4-17-14)19-8-12-9-22(21-20-12)13-3-6-24-10-13/h1-7,9-10H,8H2,(H,19,23). The van der Waals surface area contributed by atoms with E-state index in [0.29, 0.717) is 23.3 Å². The van der Waals surface area contributed by atoms with E-state index >= 15 is 0 Å². The van der Waals surface area contributed by atoms with E-state index in [1.165, 1.54) is 0 Å². The van der Waals surface area contributed by atoms with Crippen molar-refractivity contribution in [1.82, 2.24) is 30.3 Å². The van der Waals surface area contributed by atoms with E-state index in [-0.39, 0.29) is 5.91 Å². The van der Waals surface area contributed by atoms with Crippen molar-refractivity contribution < 1.29 is 4.79 Å². The van der Waals surface area contributed by atoms with E-state index in [2.05, 4.69) is 25.6 Å². The van der Waals surface area contributed by atoms with Gasteiger partial charge in [-0.2, -0.15) is 11.3 Å². The molecule has 0 atom stereocenters. The van der Waals surface area contributed by atoms with Crippen LogP contribution in [0.25, 0.3) is 16.7 Å². The monoisotopic (exact) mass is 336 g/mol. The Morgan fingerprint density at radius 1 is 1.17 bits per heavy atom. The minimum atomic E-state index is -0.187. The van der Waals surface area contributed by atoms with Crippen molar-refractivity contribution in [2.24, 2.45) is 0 Å². The molecular weight excluding hydrogens is 324 g/mol. The van der Waals surface area contributed by atoms with E-state index in [0.717, 1.165) is 11.2 Å². The maximum absolute atomic E-state index is 12.3. The van der Waals surface area contributed by atoms with Gasteiger partial charge < -0.3 is 5.32 Å². The van der Waals surface area contributed by atoms with Crippen LogP contribution in [0.15, 0.2) is 53.6 Å². The molecule has 1 N–H and O–H groups in total. The summed E-state index contributed by atoms with van der Waals surface area (Å²) >= 11 is 1.59. The number of benzene rings is 1. The van der Waals surface area contributed by atoms with Crippen molar-refractivity contribution in [2.45, 2.75) is 6.54 Å². The zero-order valence-electron chi connectivity index (χ0n) is 12.5. The number of carbonyl (C=O) groups is 1. The number of aromatic nitrogens is 5. The van der Waals surface area contributed by atoms with Crippen LogP contribution >= 0.6 is 11.3 Å². The van der Waals surface area contributed by atoms with Gasteiger partial charge in [0.1, 0.15) is 5.69 Å². The number of thiophene rings is 1. The van der Waals surface area contributed by atoms with Crippen molar-refractivity contribution in [1.29, 1.82) is 0 Å². The van der Waals surface area contributed by atoms with Crippen LogP contribution in [0, 0.1) is 0 Å². The second kappa shape index (κ2) is 6.17. The third kappa shape index (κ3) is 2.86. The average Bonchev–Trinajstić information content (AvgIpc) is 3.30. The lowest BCUT2D eigenvalue weighted by atomic mass is 10.2. The fourth-order valence-corrected chi connectivity index (χ4v) is 2.89.